The van der Waals surface area contributed by atoms with E-state index in [1.165, 1.54) is 0 Å². The quantitative estimate of drug-likeness (QED) is 0.751. The summed E-state index contributed by atoms with van der Waals surface area (Å²) in [6.45, 7) is 4.95. The van der Waals surface area contributed by atoms with Crippen LogP contribution < -0.4 is 5.73 Å². The summed E-state index contributed by atoms with van der Waals surface area (Å²) in [4.78, 5) is 12.7. The molecule has 84 valence electrons. The van der Waals surface area contributed by atoms with E-state index in [4.69, 9.17) is 5.73 Å². The van der Waals surface area contributed by atoms with E-state index in [-0.39, 0.29) is 19.0 Å². The predicted octanol–water partition coefficient (Wildman–Crippen LogP) is 1.08. The Morgan fingerprint density at radius 3 is 2.21 bits per heavy atom. The zero-order valence-electron chi connectivity index (χ0n) is 8.89. The Bertz CT molecular complexity index is 190. The molecule has 0 rings (SSSR count). The molecule has 0 saturated heterocycles. The van der Waals surface area contributed by atoms with E-state index in [1.807, 2.05) is 0 Å². The molecule has 0 bridgehead atoms. The largest absolute Gasteiger partial charge is 0.335 e. The van der Waals surface area contributed by atoms with Crippen LogP contribution in [0, 0.1) is 5.41 Å². The van der Waals surface area contributed by atoms with Crippen LogP contribution in [0.3, 0.4) is 0 Å². The number of hydrogen-bond acceptors (Lipinski definition) is 2. The summed E-state index contributed by atoms with van der Waals surface area (Å²) >= 11 is 0. The second-order valence-corrected chi connectivity index (χ2v) is 4.18. The summed E-state index contributed by atoms with van der Waals surface area (Å²) < 4.78 is 24.2. The molecule has 1 amide bonds. The van der Waals surface area contributed by atoms with E-state index < -0.39 is 18.4 Å². The van der Waals surface area contributed by atoms with Gasteiger partial charge < -0.3 is 10.6 Å². The van der Waals surface area contributed by atoms with Crippen molar-refractivity contribution in [3.63, 3.8) is 0 Å². The van der Waals surface area contributed by atoms with Crippen LogP contribution in [-0.4, -0.2) is 36.9 Å². The third-order valence-electron chi connectivity index (χ3n) is 1.69. The second kappa shape index (κ2) is 5.24. The van der Waals surface area contributed by atoms with Gasteiger partial charge in [0.05, 0.1) is 6.54 Å². The van der Waals surface area contributed by atoms with Crippen molar-refractivity contribution in [3.05, 3.63) is 0 Å². The number of rotatable bonds is 4. The molecular formula is C9H18F2N2O. The molecule has 0 heterocycles. The maximum atomic E-state index is 12.1. The lowest BCUT2D eigenvalue weighted by Crippen LogP contribution is -2.44. The molecule has 0 fully saturated rings. The lowest BCUT2D eigenvalue weighted by Gasteiger charge is -2.28. The highest BCUT2D eigenvalue weighted by Crippen LogP contribution is 2.17. The average Bonchev–Trinajstić information content (AvgIpc) is 2.00. The van der Waals surface area contributed by atoms with Gasteiger partial charge in [0, 0.05) is 18.5 Å². The first-order valence-electron chi connectivity index (χ1n) is 4.56. The lowest BCUT2D eigenvalue weighted by atomic mass is 9.94. The highest BCUT2D eigenvalue weighted by Gasteiger charge is 2.28. The van der Waals surface area contributed by atoms with Crippen molar-refractivity contribution in [3.8, 4) is 0 Å². The highest BCUT2D eigenvalue weighted by atomic mass is 19.3. The summed E-state index contributed by atoms with van der Waals surface area (Å²) in [6, 6.07) is 0. The van der Waals surface area contributed by atoms with Crippen molar-refractivity contribution >= 4 is 5.91 Å². The van der Waals surface area contributed by atoms with Gasteiger partial charge in [0.25, 0.3) is 6.43 Å². The van der Waals surface area contributed by atoms with Gasteiger partial charge in [-0.1, -0.05) is 20.8 Å². The molecule has 0 aliphatic heterocycles. The zero-order valence-corrected chi connectivity index (χ0v) is 8.89. The Balaban J connectivity index is 4.41. The van der Waals surface area contributed by atoms with Crippen LogP contribution in [-0.2, 0) is 4.79 Å². The lowest BCUT2D eigenvalue weighted by molar-refractivity contribution is -0.141. The summed E-state index contributed by atoms with van der Waals surface area (Å²) in [6.07, 6.45) is -2.51. The first-order chi connectivity index (χ1) is 6.29. The predicted molar refractivity (Wildman–Crippen MR) is 51.1 cm³/mol. The summed E-state index contributed by atoms with van der Waals surface area (Å²) in [5.41, 5.74) is 4.61. The van der Waals surface area contributed by atoms with Gasteiger partial charge in [-0.3, -0.25) is 4.79 Å². The van der Waals surface area contributed by atoms with Crippen LogP contribution >= 0.6 is 0 Å². The number of alkyl halides is 2. The van der Waals surface area contributed by atoms with Crippen molar-refractivity contribution in [1.29, 1.82) is 0 Å². The van der Waals surface area contributed by atoms with E-state index >= 15 is 0 Å². The topological polar surface area (TPSA) is 46.3 Å². The van der Waals surface area contributed by atoms with Gasteiger partial charge in [-0.2, -0.15) is 0 Å². The fourth-order valence-electron chi connectivity index (χ4n) is 1.07. The SMILES string of the molecule is CC(C)(C)C(=O)N(CCN)CC(F)F. The normalized spacial score (nSPS) is 11.9. The monoisotopic (exact) mass is 208 g/mol. The Labute approximate surface area is 83.3 Å². The first-order valence-corrected chi connectivity index (χ1v) is 4.56. The number of carbonyl (C=O) groups is 1. The van der Waals surface area contributed by atoms with Crippen LogP contribution in [0.5, 0.6) is 0 Å². The van der Waals surface area contributed by atoms with E-state index in [1.54, 1.807) is 20.8 Å². The molecular weight excluding hydrogens is 190 g/mol. The van der Waals surface area contributed by atoms with Crippen LogP contribution in [0.15, 0.2) is 0 Å². The third kappa shape index (κ3) is 4.50. The number of halogens is 2. The van der Waals surface area contributed by atoms with E-state index in [0.717, 1.165) is 4.90 Å². The Morgan fingerprint density at radius 2 is 1.93 bits per heavy atom. The minimum atomic E-state index is -2.51. The highest BCUT2D eigenvalue weighted by molar-refractivity contribution is 5.81. The van der Waals surface area contributed by atoms with Gasteiger partial charge in [0.15, 0.2) is 0 Å². The fourth-order valence-corrected chi connectivity index (χ4v) is 1.07. The molecule has 0 aromatic carbocycles. The van der Waals surface area contributed by atoms with E-state index in [9.17, 15) is 13.6 Å². The average molecular weight is 208 g/mol. The van der Waals surface area contributed by atoms with Gasteiger partial charge in [-0.15, -0.1) is 0 Å². The van der Waals surface area contributed by atoms with Gasteiger partial charge in [-0.25, -0.2) is 8.78 Å². The van der Waals surface area contributed by atoms with Gasteiger partial charge in [0.2, 0.25) is 5.91 Å². The number of nitrogens with zero attached hydrogens (tertiary/aromatic N) is 1. The van der Waals surface area contributed by atoms with Crippen LogP contribution in [0.25, 0.3) is 0 Å². The molecule has 14 heavy (non-hydrogen) atoms. The molecule has 0 aromatic rings. The van der Waals surface area contributed by atoms with Crippen molar-refractivity contribution in [2.45, 2.75) is 27.2 Å². The molecule has 5 heteroatoms. The molecule has 0 saturated carbocycles. The Kier molecular flexibility index (Phi) is 4.97. The molecule has 0 spiro atoms. The molecule has 0 aliphatic rings. The van der Waals surface area contributed by atoms with Gasteiger partial charge in [0.1, 0.15) is 0 Å². The molecule has 0 unspecified atom stereocenters. The molecule has 0 radical (unpaired) electrons. The first kappa shape index (κ1) is 13.3. The summed E-state index contributed by atoms with van der Waals surface area (Å²) in [5, 5.41) is 0. The fraction of sp³-hybridized carbons (Fsp3) is 0.889. The van der Waals surface area contributed by atoms with Gasteiger partial charge >= 0.3 is 0 Å². The van der Waals surface area contributed by atoms with Gasteiger partial charge in [-0.05, 0) is 0 Å². The molecule has 0 aromatic heterocycles. The minimum Gasteiger partial charge on any atom is -0.335 e. The smallest absolute Gasteiger partial charge is 0.255 e. The number of nitrogens with two attached hydrogens (primary N) is 1. The van der Waals surface area contributed by atoms with Crippen LogP contribution in [0.4, 0.5) is 8.78 Å². The van der Waals surface area contributed by atoms with Crippen molar-refractivity contribution < 1.29 is 13.6 Å². The molecule has 0 aliphatic carbocycles. The number of amides is 1. The number of hydrogen-bond donors (Lipinski definition) is 1. The van der Waals surface area contributed by atoms with Crippen molar-refractivity contribution in [1.82, 2.24) is 4.90 Å². The van der Waals surface area contributed by atoms with Crippen molar-refractivity contribution in [2.75, 3.05) is 19.6 Å². The van der Waals surface area contributed by atoms with Crippen LogP contribution in [0.2, 0.25) is 0 Å². The molecule has 2 N–H and O–H groups in total. The molecule has 0 atom stereocenters. The maximum Gasteiger partial charge on any atom is 0.255 e. The maximum absolute atomic E-state index is 12.1. The molecule has 3 nitrogen and oxygen atoms in total. The third-order valence-corrected chi connectivity index (χ3v) is 1.69. The Hall–Kier alpha value is -0.710. The second-order valence-electron chi connectivity index (χ2n) is 4.18. The summed E-state index contributed by atoms with van der Waals surface area (Å²) in [5.74, 6) is -0.289. The summed E-state index contributed by atoms with van der Waals surface area (Å²) in [7, 11) is 0. The number of carbonyl (C=O) groups excluding carboxylic acids is 1. The minimum absolute atomic E-state index is 0.181. The van der Waals surface area contributed by atoms with E-state index in [0.29, 0.717) is 0 Å². The van der Waals surface area contributed by atoms with E-state index in [2.05, 4.69) is 0 Å². The van der Waals surface area contributed by atoms with Crippen molar-refractivity contribution in [2.24, 2.45) is 11.1 Å². The zero-order chi connectivity index (χ0) is 11.4. The van der Waals surface area contributed by atoms with Crippen LogP contribution in [0.1, 0.15) is 20.8 Å². The Morgan fingerprint density at radius 1 is 1.43 bits per heavy atom. The standard InChI is InChI=1S/C9H18F2N2O/c1-9(2,3)8(14)13(5-4-12)6-7(10)11/h7H,4-6,12H2,1-3H3.